The van der Waals surface area contributed by atoms with Crippen LogP contribution in [0, 0.1) is 0 Å². The van der Waals surface area contributed by atoms with E-state index in [2.05, 4.69) is 10.3 Å². The monoisotopic (exact) mass is 250 g/mol. The number of nitrogens with two attached hydrogens (primary N) is 1. The van der Waals surface area contributed by atoms with E-state index in [-0.39, 0.29) is 5.56 Å². The van der Waals surface area contributed by atoms with Gasteiger partial charge in [-0.05, 0) is 32.8 Å². The number of unbranched alkanes of at least 4 members (excludes halogenated alkanes) is 1. The van der Waals surface area contributed by atoms with Crippen molar-refractivity contribution in [3.63, 3.8) is 0 Å². The number of aryl methyl sites for hydroxylation is 1. The molecule has 0 radical (unpaired) electrons. The molecule has 5 nitrogen and oxygen atoms in total. The van der Waals surface area contributed by atoms with Crippen molar-refractivity contribution in [2.24, 2.45) is 10.7 Å². The molecule has 0 aliphatic rings. The second-order valence-corrected chi connectivity index (χ2v) is 4.51. The Labute approximate surface area is 108 Å². The zero-order chi connectivity index (χ0) is 13.4. The molecule has 1 aromatic rings. The fraction of sp³-hybridized carbons (Fsp3) is 0.538. The summed E-state index contributed by atoms with van der Waals surface area (Å²) in [5.74, 6) is 0.488. The summed E-state index contributed by atoms with van der Waals surface area (Å²) in [5, 5.41) is 3.03. The second-order valence-electron chi connectivity index (χ2n) is 4.51. The number of guanidine groups is 1. The first kappa shape index (κ1) is 14.3. The summed E-state index contributed by atoms with van der Waals surface area (Å²) >= 11 is 0. The predicted octanol–water partition coefficient (Wildman–Crippen LogP) is 0.941. The van der Waals surface area contributed by atoms with Crippen LogP contribution in [-0.2, 0) is 6.54 Å². The third kappa shape index (κ3) is 5.52. The number of aromatic nitrogens is 1. The molecule has 0 atom stereocenters. The minimum absolute atomic E-state index is 0.0435. The minimum atomic E-state index is 0.0435. The average molecular weight is 250 g/mol. The molecule has 0 aliphatic heterocycles. The quantitative estimate of drug-likeness (QED) is 0.448. The number of aliphatic imine (C=N–C) groups is 1. The van der Waals surface area contributed by atoms with Gasteiger partial charge in [0.2, 0.25) is 5.56 Å². The van der Waals surface area contributed by atoms with Gasteiger partial charge in [0.05, 0.1) is 0 Å². The van der Waals surface area contributed by atoms with E-state index in [1.54, 1.807) is 22.9 Å². The van der Waals surface area contributed by atoms with Crippen LogP contribution in [-0.4, -0.2) is 23.1 Å². The molecule has 1 heterocycles. The molecule has 100 valence electrons. The molecule has 3 N–H and O–H groups in total. The van der Waals surface area contributed by atoms with Gasteiger partial charge in [-0.25, -0.2) is 0 Å². The van der Waals surface area contributed by atoms with Gasteiger partial charge in [-0.3, -0.25) is 9.79 Å². The lowest BCUT2D eigenvalue weighted by atomic mass is 10.3. The maximum Gasteiger partial charge on any atom is 0.250 e. The highest BCUT2D eigenvalue weighted by atomic mass is 16.1. The zero-order valence-electron chi connectivity index (χ0n) is 11.1. The highest BCUT2D eigenvalue weighted by molar-refractivity contribution is 5.77. The smallest absolute Gasteiger partial charge is 0.250 e. The number of nitrogens with zero attached hydrogens (tertiary/aromatic N) is 2. The van der Waals surface area contributed by atoms with Gasteiger partial charge in [-0.1, -0.05) is 6.07 Å². The third-order valence-corrected chi connectivity index (χ3v) is 2.42. The Morgan fingerprint density at radius 1 is 1.44 bits per heavy atom. The van der Waals surface area contributed by atoms with Crippen molar-refractivity contribution in [2.45, 2.75) is 39.3 Å². The second kappa shape index (κ2) is 7.53. The Hall–Kier alpha value is -1.78. The van der Waals surface area contributed by atoms with Gasteiger partial charge in [0.25, 0.3) is 0 Å². The van der Waals surface area contributed by atoms with E-state index in [0.29, 0.717) is 18.5 Å². The normalized spacial score (nSPS) is 11.8. The lowest BCUT2D eigenvalue weighted by Gasteiger charge is -2.08. The average Bonchev–Trinajstić information content (AvgIpc) is 2.30. The van der Waals surface area contributed by atoms with Crippen molar-refractivity contribution in [2.75, 3.05) is 6.54 Å². The van der Waals surface area contributed by atoms with Crippen LogP contribution in [0.2, 0.25) is 0 Å². The minimum Gasteiger partial charge on any atom is -0.370 e. The Morgan fingerprint density at radius 2 is 2.22 bits per heavy atom. The Kier molecular flexibility index (Phi) is 5.97. The molecule has 0 saturated heterocycles. The van der Waals surface area contributed by atoms with E-state index in [9.17, 15) is 4.79 Å². The molecule has 5 heteroatoms. The Balaban J connectivity index is 2.24. The van der Waals surface area contributed by atoms with Crippen molar-refractivity contribution < 1.29 is 0 Å². The summed E-state index contributed by atoms with van der Waals surface area (Å²) in [6.07, 6.45) is 3.64. The highest BCUT2D eigenvalue weighted by Crippen LogP contribution is 1.93. The molecule has 0 saturated carbocycles. The van der Waals surface area contributed by atoms with E-state index < -0.39 is 0 Å². The first-order valence-corrected chi connectivity index (χ1v) is 6.31. The number of pyridine rings is 1. The molecule has 0 unspecified atom stereocenters. The lowest BCUT2D eigenvalue weighted by molar-refractivity contribution is 0.597. The summed E-state index contributed by atoms with van der Waals surface area (Å²) in [5.41, 5.74) is 5.72. The molecular formula is C13H22N4O. The number of hydrogen-bond donors (Lipinski definition) is 2. The Morgan fingerprint density at radius 3 is 2.89 bits per heavy atom. The largest absolute Gasteiger partial charge is 0.370 e. The summed E-state index contributed by atoms with van der Waals surface area (Å²) < 4.78 is 1.71. The SMILES string of the molecule is CC(C)NC(N)=NCCCCn1ccccc1=O. The van der Waals surface area contributed by atoms with Crippen LogP contribution in [0.3, 0.4) is 0 Å². The Bertz CT molecular complexity index is 437. The van der Waals surface area contributed by atoms with Gasteiger partial charge in [-0.15, -0.1) is 0 Å². The topological polar surface area (TPSA) is 72.4 Å². The van der Waals surface area contributed by atoms with E-state index in [0.717, 1.165) is 19.4 Å². The molecule has 18 heavy (non-hydrogen) atoms. The van der Waals surface area contributed by atoms with Gasteiger partial charge < -0.3 is 15.6 Å². The van der Waals surface area contributed by atoms with E-state index >= 15 is 0 Å². The number of nitrogens with one attached hydrogen (secondary N) is 1. The predicted molar refractivity (Wildman–Crippen MR) is 74.7 cm³/mol. The van der Waals surface area contributed by atoms with Gasteiger partial charge in [-0.2, -0.15) is 0 Å². The first-order valence-electron chi connectivity index (χ1n) is 6.31. The molecule has 0 bridgehead atoms. The molecule has 0 aromatic carbocycles. The number of rotatable bonds is 6. The molecule has 0 amide bonds. The van der Waals surface area contributed by atoms with Gasteiger partial charge in [0, 0.05) is 31.4 Å². The fourth-order valence-corrected chi connectivity index (χ4v) is 1.58. The molecule has 1 rings (SSSR count). The van der Waals surface area contributed by atoms with Crippen LogP contribution < -0.4 is 16.6 Å². The summed E-state index contributed by atoms with van der Waals surface area (Å²) in [6, 6.07) is 5.49. The summed E-state index contributed by atoms with van der Waals surface area (Å²) in [6.45, 7) is 5.45. The maximum atomic E-state index is 11.4. The first-order chi connectivity index (χ1) is 8.59. The van der Waals surface area contributed by atoms with Crippen LogP contribution in [0.1, 0.15) is 26.7 Å². The van der Waals surface area contributed by atoms with Crippen LogP contribution >= 0.6 is 0 Å². The fourth-order valence-electron chi connectivity index (χ4n) is 1.58. The van der Waals surface area contributed by atoms with Crippen molar-refractivity contribution in [3.05, 3.63) is 34.7 Å². The highest BCUT2D eigenvalue weighted by Gasteiger charge is 1.96. The maximum absolute atomic E-state index is 11.4. The van der Waals surface area contributed by atoms with Crippen molar-refractivity contribution in [1.29, 1.82) is 0 Å². The van der Waals surface area contributed by atoms with E-state index in [4.69, 9.17) is 5.73 Å². The standard InChI is InChI=1S/C13H22N4O/c1-11(2)16-13(14)15-8-4-6-10-17-9-5-3-7-12(17)18/h3,5,7,9,11H,4,6,8,10H2,1-2H3,(H3,14,15,16). The van der Waals surface area contributed by atoms with Gasteiger partial charge in [0.15, 0.2) is 5.96 Å². The van der Waals surface area contributed by atoms with Gasteiger partial charge >= 0.3 is 0 Å². The van der Waals surface area contributed by atoms with Crippen LogP contribution in [0.5, 0.6) is 0 Å². The van der Waals surface area contributed by atoms with Crippen LogP contribution in [0.15, 0.2) is 34.2 Å². The summed E-state index contributed by atoms with van der Waals surface area (Å²) in [7, 11) is 0. The summed E-state index contributed by atoms with van der Waals surface area (Å²) in [4.78, 5) is 15.6. The number of hydrogen-bond acceptors (Lipinski definition) is 2. The van der Waals surface area contributed by atoms with Crippen molar-refractivity contribution in [3.8, 4) is 0 Å². The van der Waals surface area contributed by atoms with E-state index in [1.165, 1.54) is 0 Å². The van der Waals surface area contributed by atoms with Gasteiger partial charge in [0.1, 0.15) is 0 Å². The molecule has 1 aromatic heterocycles. The van der Waals surface area contributed by atoms with Crippen LogP contribution in [0.4, 0.5) is 0 Å². The molecule has 0 fully saturated rings. The molecule has 0 spiro atoms. The van der Waals surface area contributed by atoms with Crippen LogP contribution in [0.25, 0.3) is 0 Å². The van der Waals surface area contributed by atoms with Crippen molar-refractivity contribution >= 4 is 5.96 Å². The van der Waals surface area contributed by atoms with E-state index in [1.807, 2.05) is 19.9 Å². The lowest BCUT2D eigenvalue weighted by Crippen LogP contribution is -2.36. The van der Waals surface area contributed by atoms with Crippen molar-refractivity contribution in [1.82, 2.24) is 9.88 Å². The molecular weight excluding hydrogens is 228 g/mol. The molecule has 0 aliphatic carbocycles. The third-order valence-electron chi connectivity index (χ3n) is 2.42. The zero-order valence-corrected chi connectivity index (χ0v) is 11.1.